The van der Waals surface area contributed by atoms with E-state index < -0.39 is 74.7 Å². The van der Waals surface area contributed by atoms with Crippen molar-refractivity contribution >= 4 is 27.6 Å². The number of carbonyl (C=O) groups is 3. The van der Waals surface area contributed by atoms with Crippen LogP contribution in [-0.2, 0) is 29.8 Å². The van der Waals surface area contributed by atoms with E-state index in [0.717, 1.165) is 4.90 Å². The molecule has 5 aliphatic rings. The average molecular weight is 632 g/mol. The Labute approximate surface area is 252 Å². The minimum atomic E-state index is -4.31. The van der Waals surface area contributed by atoms with Gasteiger partial charge in [0.15, 0.2) is 5.60 Å². The molecule has 4 fully saturated rings. The first kappa shape index (κ1) is 30.3. The van der Waals surface area contributed by atoms with Crippen LogP contribution in [0.15, 0.2) is 59.8 Å². The molecule has 9 nitrogen and oxygen atoms in total. The SMILES string of the molecule is CS(=O)(=O)/C(F)=C/[C@@H](C[C@@H]1CCNC1=O)NC(=O)[C@H]1[C@H]2CC[C@H](CC2(F)F)N1C(=O)C1(O)c2ccccc2-c2ccccc21. The predicted octanol–water partition coefficient (Wildman–Crippen LogP) is 2.78. The van der Waals surface area contributed by atoms with Crippen molar-refractivity contribution in [1.82, 2.24) is 15.5 Å². The van der Waals surface area contributed by atoms with Crippen LogP contribution in [0.2, 0.25) is 0 Å². The third-order valence-corrected chi connectivity index (χ3v) is 10.2. The van der Waals surface area contributed by atoms with E-state index in [2.05, 4.69) is 10.6 Å². The smallest absolute Gasteiger partial charge is 0.264 e. The van der Waals surface area contributed by atoms with Gasteiger partial charge in [0.2, 0.25) is 26.8 Å². The van der Waals surface area contributed by atoms with Crippen LogP contribution >= 0.6 is 0 Å². The Morgan fingerprint density at radius 1 is 1.09 bits per heavy atom. The first-order chi connectivity index (χ1) is 20.7. The molecular formula is C31H32F3N3O6S. The molecule has 1 saturated carbocycles. The van der Waals surface area contributed by atoms with Crippen LogP contribution in [0.25, 0.3) is 11.1 Å². The molecule has 13 heteroatoms. The number of carbonyl (C=O) groups excluding carboxylic acids is 3. The van der Waals surface area contributed by atoms with Crippen molar-refractivity contribution in [2.24, 2.45) is 11.8 Å². The molecule has 2 aromatic rings. The van der Waals surface area contributed by atoms with E-state index in [1.165, 1.54) is 0 Å². The molecule has 2 bridgehead atoms. The van der Waals surface area contributed by atoms with Crippen LogP contribution in [-0.4, -0.2) is 73.0 Å². The van der Waals surface area contributed by atoms with Gasteiger partial charge in [0, 0.05) is 42.3 Å². The number of sulfone groups is 1. The van der Waals surface area contributed by atoms with Gasteiger partial charge >= 0.3 is 0 Å². The number of nitrogens with zero attached hydrogens (tertiary/aromatic N) is 1. The lowest BCUT2D eigenvalue weighted by atomic mass is 9.70. The average Bonchev–Trinajstić information content (AvgIpc) is 3.50. The zero-order valence-corrected chi connectivity index (χ0v) is 24.6. The summed E-state index contributed by atoms with van der Waals surface area (Å²) in [6, 6.07) is 9.27. The molecular weight excluding hydrogens is 599 g/mol. The zero-order valence-electron chi connectivity index (χ0n) is 23.8. The second kappa shape index (κ2) is 10.7. The van der Waals surface area contributed by atoms with E-state index in [9.17, 15) is 32.3 Å². The number of hydrogen-bond donors (Lipinski definition) is 3. The van der Waals surface area contributed by atoms with E-state index in [4.69, 9.17) is 0 Å². The highest BCUT2D eigenvalue weighted by Gasteiger charge is 2.63. The van der Waals surface area contributed by atoms with Gasteiger partial charge in [0.1, 0.15) is 6.04 Å². The highest BCUT2D eigenvalue weighted by molar-refractivity contribution is 7.94. The summed E-state index contributed by atoms with van der Waals surface area (Å²) in [5.74, 6) is -7.94. The minimum absolute atomic E-state index is 0.0750. The number of alkyl halides is 2. The number of hydrogen-bond acceptors (Lipinski definition) is 6. The standard InChI is InChI=1S/C31H32F3N3O6S/c1-44(42,43)25(32)15-18(14-17-12-13-35-27(17)38)36-28(39)26-24-11-10-19(16-30(24,33)34)37(26)29(40)31(41)22-8-4-2-6-20(22)21-7-3-5-9-23(21)31/h2-9,15,17-19,24,26,41H,10-14,16H2,1H3,(H,35,38)(H,36,39)/b25-15+/t17-,18+,19+,24+,26+/m0/s1. The first-order valence-electron chi connectivity index (χ1n) is 14.5. The molecule has 3 heterocycles. The van der Waals surface area contributed by atoms with E-state index in [0.29, 0.717) is 36.4 Å². The number of fused-ring (bicyclic) bond motifs is 6. The van der Waals surface area contributed by atoms with Crippen molar-refractivity contribution in [3.05, 3.63) is 70.9 Å². The summed E-state index contributed by atoms with van der Waals surface area (Å²) in [5, 5.41) is 15.8. The molecule has 0 spiro atoms. The lowest BCUT2D eigenvalue weighted by molar-refractivity contribution is -0.201. The maximum atomic E-state index is 15.4. The number of aliphatic hydroxyl groups is 1. The van der Waals surface area contributed by atoms with Gasteiger partial charge in [-0.25, -0.2) is 17.2 Å². The summed E-state index contributed by atoms with van der Waals surface area (Å²) in [4.78, 5) is 41.8. The second-order valence-corrected chi connectivity index (χ2v) is 14.1. The highest BCUT2D eigenvalue weighted by Crippen LogP contribution is 2.53. The van der Waals surface area contributed by atoms with Crippen LogP contribution in [0.3, 0.4) is 0 Å². The Bertz CT molecular complexity index is 1630. The quantitative estimate of drug-likeness (QED) is 0.431. The Kier molecular flexibility index (Phi) is 7.39. The molecule has 0 unspecified atom stereocenters. The minimum Gasteiger partial charge on any atom is -0.372 e. The molecule has 2 aliphatic carbocycles. The Morgan fingerprint density at radius 3 is 2.25 bits per heavy atom. The Morgan fingerprint density at radius 2 is 1.70 bits per heavy atom. The van der Waals surface area contributed by atoms with Gasteiger partial charge in [-0.15, -0.1) is 0 Å². The van der Waals surface area contributed by atoms with Crippen molar-refractivity contribution in [3.63, 3.8) is 0 Å². The third-order valence-electron chi connectivity index (χ3n) is 9.39. The van der Waals surface area contributed by atoms with E-state index in [1.54, 1.807) is 48.5 Å². The third kappa shape index (κ3) is 4.90. The summed E-state index contributed by atoms with van der Waals surface area (Å²) < 4.78 is 69.1. The van der Waals surface area contributed by atoms with Gasteiger partial charge in [-0.05, 0) is 42.9 Å². The predicted molar refractivity (Wildman–Crippen MR) is 153 cm³/mol. The monoisotopic (exact) mass is 631 g/mol. The number of benzene rings is 2. The Hall–Kier alpha value is -3.71. The number of nitrogens with one attached hydrogen (secondary N) is 2. The van der Waals surface area contributed by atoms with Gasteiger partial charge in [-0.1, -0.05) is 48.5 Å². The maximum Gasteiger partial charge on any atom is 0.264 e. The molecule has 2 aromatic carbocycles. The summed E-state index contributed by atoms with van der Waals surface area (Å²) in [5.41, 5.74) is -0.529. The van der Waals surface area contributed by atoms with Crippen LogP contribution in [0.4, 0.5) is 13.2 Å². The molecule has 5 atom stereocenters. The zero-order chi connectivity index (χ0) is 31.6. The molecule has 3 aliphatic heterocycles. The van der Waals surface area contributed by atoms with Gasteiger partial charge in [0.25, 0.3) is 11.8 Å². The topological polar surface area (TPSA) is 133 Å². The summed E-state index contributed by atoms with van der Waals surface area (Å²) >= 11 is 0. The van der Waals surface area contributed by atoms with Crippen molar-refractivity contribution in [2.75, 3.05) is 12.8 Å². The molecule has 3 saturated heterocycles. The van der Waals surface area contributed by atoms with Crippen LogP contribution in [0.5, 0.6) is 0 Å². The fourth-order valence-corrected chi connectivity index (χ4v) is 7.73. The summed E-state index contributed by atoms with van der Waals surface area (Å²) in [7, 11) is -4.31. The normalized spacial score (nSPS) is 27.3. The molecule has 44 heavy (non-hydrogen) atoms. The van der Waals surface area contributed by atoms with Gasteiger partial charge in [-0.2, -0.15) is 4.39 Å². The molecule has 0 aromatic heterocycles. The number of halogens is 3. The van der Waals surface area contributed by atoms with Gasteiger partial charge in [-0.3, -0.25) is 14.4 Å². The van der Waals surface area contributed by atoms with E-state index in [-0.39, 0.29) is 36.3 Å². The molecule has 3 amide bonds. The van der Waals surface area contributed by atoms with Crippen LogP contribution in [0.1, 0.15) is 43.2 Å². The van der Waals surface area contributed by atoms with Crippen LogP contribution in [0, 0.1) is 11.8 Å². The largest absolute Gasteiger partial charge is 0.372 e. The Balaban J connectivity index is 1.39. The van der Waals surface area contributed by atoms with E-state index in [1.807, 2.05) is 0 Å². The van der Waals surface area contributed by atoms with Crippen molar-refractivity contribution in [3.8, 4) is 11.1 Å². The fourth-order valence-electron chi connectivity index (χ4n) is 7.32. The first-order valence-corrected chi connectivity index (χ1v) is 16.4. The molecule has 0 radical (unpaired) electrons. The summed E-state index contributed by atoms with van der Waals surface area (Å²) in [6.45, 7) is 0.338. The second-order valence-electron chi connectivity index (χ2n) is 12.1. The number of amides is 3. The number of piperidine rings is 2. The van der Waals surface area contributed by atoms with Gasteiger partial charge in [0.05, 0.1) is 12.0 Å². The molecule has 234 valence electrons. The van der Waals surface area contributed by atoms with Crippen molar-refractivity contribution < 1.29 is 41.1 Å². The maximum absolute atomic E-state index is 15.4. The van der Waals surface area contributed by atoms with Crippen LogP contribution < -0.4 is 10.6 Å². The highest BCUT2D eigenvalue weighted by atomic mass is 32.2. The van der Waals surface area contributed by atoms with Gasteiger partial charge < -0.3 is 20.6 Å². The van der Waals surface area contributed by atoms with E-state index >= 15 is 8.78 Å². The molecule has 3 N–H and O–H groups in total. The summed E-state index contributed by atoms with van der Waals surface area (Å²) in [6.07, 6.45) is 0.872. The molecule has 7 rings (SSSR count). The van der Waals surface area contributed by atoms with Crippen molar-refractivity contribution in [2.45, 2.75) is 61.8 Å². The number of rotatable bonds is 7. The fraction of sp³-hybridized carbons (Fsp3) is 0.452. The lowest BCUT2D eigenvalue weighted by Crippen LogP contribution is -2.70. The lowest BCUT2D eigenvalue weighted by Gasteiger charge is -2.55. The van der Waals surface area contributed by atoms with Crippen molar-refractivity contribution in [1.29, 1.82) is 0 Å².